The fourth-order valence-electron chi connectivity index (χ4n) is 3.04. The minimum absolute atomic E-state index is 0.0124. The Hall–Kier alpha value is -2.09. The van der Waals surface area contributed by atoms with Crippen molar-refractivity contribution in [2.75, 3.05) is 23.6 Å². The van der Waals surface area contributed by atoms with Crippen LogP contribution in [0.1, 0.15) is 50.4 Å². The van der Waals surface area contributed by atoms with E-state index in [9.17, 15) is 18.0 Å². The second kappa shape index (κ2) is 9.21. The molecule has 1 fully saturated rings. The van der Waals surface area contributed by atoms with Crippen molar-refractivity contribution in [1.82, 2.24) is 10.2 Å². The second-order valence-corrected chi connectivity index (χ2v) is 9.10. The Morgan fingerprint density at radius 2 is 2.04 bits per heavy atom. The van der Waals surface area contributed by atoms with Crippen LogP contribution in [0.15, 0.2) is 24.3 Å². The molecule has 0 aliphatic carbocycles. The quantitative estimate of drug-likeness (QED) is 0.740. The molecule has 0 spiro atoms. The number of anilines is 1. The van der Waals surface area contributed by atoms with Gasteiger partial charge in [-0.15, -0.1) is 0 Å². The van der Waals surface area contributed by atoms with E-state index in [-0.39, 0.29) is 29.5 Å². The number of likely N-dealkylation sites (tertiary alicyclic amines) is 1. The predicted octanol–water partition coefficient (Wildman–Crippen LogP) is 2.22. The first-order valence-corrected chi connectivity index (χ1v) is 11.1. The molecule has 2 rings (SSSR count). The molecule has 2 N–H and O–H groups in total. The third-order valence-electron chi connectivity index (χ3n) is 4.44. The number of rotatable bonds is 7. The average molecular weight is 396 g/mol. The SMILES string of the molecule is CCCS(=O)(=O)Nc1cccc(C(=O)N2CCCC(NC(=O)C(C)C)C2)c1. The van der Waals surface area contributed by atoms with E-state index < -0.39 is 10.0 Å². The molecule has 1 heterocycles. The minimum atomic E-state index is -3.40. The molecule has 0 radical (unpaired) electrons. The zero-order valence-corrected chi connectivity index (χ0v) is 17.0. The van der Waals surface area contributed by atoms with Crippen molar-refractivity contribution in [3.8, 4) is 0 Å². The van der Waals surface area contributed by atoms with Gasteiger partial charge in [-0.3, -0.25) is 14.3 Å². The molecule has 0 bridgehead atoms. The Morgan fingerprint density at radius 3 is 2.70 bits per heavy atom. The lowest BCUT2D eigenvalue weighted by Gasteiger charge is -2.33. The summed E-state index contributed by atoms with van der Waals surface area (Å²) in [5.41, 5.74) is 0.818. The van der Waals surface area contributed by atoms with Crippen molar-refractivity contribution in [1.29, 1.82) is 0 Å². The maximum Gasteiger partial charge on any atom is 0.253 e. The van der Waals surface area contributed by atoms with Crippen molar-refractivity contribution in [3.63, 3.8) is 0 Å². The van der Waals surface area contributed by atoms with Crippen molar-refractivity contribution in [3.05, 3.63) is 29.8 Å². The highest BCUT2D eigenvalue weighted by Crippen LogP contribution is 2.18. The Labute approximate surface area is 161 Å². The van der Waals surface area contributed by atoms with Crippen LogP contribution < -0.4 is 10.0 Å². The van der Waals surface area contributed by atoms with Gasteiger partial charge in [0.1, 0.15) is 0 Å². The zero-order valence-electron chi connectivity index (χ0n) is 16.2. The number of hydrogen-bond donors (Lipinski definition) is 2. The van der Waals surface area contributed by atoms with Crippen molar-refractivity contribution in [2.24, 2.45) is 5.92 Å². The molecule has 1 aliphatic rings. The van der Waals surface area contributed by atoms with Gasteiger partial charge >= 0.3 is 0 Å². The first-order chi connectivity index (χ1) is 12.7. The van der Waals surface area contributed by atoms with Crippen molar-refractivity contribution < 1.29 is 18.0 Å². The molecule has 150 valence electrons. The smallest absolute Gasteiger partial charge is 0.253 e. The van der Waals surface area contributed by atoms with E-state index in [2.05, 4.69) is 10.0 Å². The Kier molecular flexibility index (Phi) is 7.24. The first-order valence-electron chi connectivity index (χ1n) is 9.42. The lowest BCUT2D eigenvalue weighted by atomic mass is 10.0. The van der Waals surface area contributed by atoms with Crippen LogP contribution in [0.3, 0.4) is 0 Å². The van der Waals surface area contributed by atoms with Crippen LogP contribution in [0.2, 0.25) is 0 Å². The van der Waals surface area contributed by atoms with E-state index in [0.717, 1.165) is 12.8 Å². The largest absolute Gasteiger partial charge is 0.351 e. The first kappa shape index (κ1) is 21.2. The number of nitrogens with zero attached hydrogens (tertiary/aromatic N) is 1. The van der Waals surface area contributed by atoms with Crippen LogP contribution in [0.5, 0.6) is 0 Å². The average Bonchev–Trinajstić information content (AvgIpc) is 2.61. The van der Waals surface area contributed by atoms with E-state index in [1.165, 1.54) is 0 Å². The number of hydrogen-bond acceptors (Lipinski definition) is 4. The monoisotopic (exact) mass is 395 g/mol. The molecule has 1 aliphatic heterocycles. The molecule has 2 amide bonds. The summed E-state index contributed by atoms with van der Waals surface area (Å²) in [7, 11) is -3.40. The Morgan fingerprint density at radius 1 is 1.30 bits per heavy atom. The van der Waals surface area contributed by atoms with Crippen LogP contribution in [0.25, 0.3) is 0 Å². The number of carbonyl (C=O) groups is 2. The van der Waals surface area contributed by atoms with Gasteiger partial charge in [0, 0.05) is 36.3 Å². The molecule has 1 atom stereocenters. The number of amides is 2. The number of piperidine rings is 1. The summed E-state index contributed by atoms with van der Waals surface area (Å²) in [5.74, 6) is -0.227. The molecular weight excluding hydrogens is 366 g/mol. The summed E-state index contributed by atoms with van der Waals surface area (Å²) < 4.78 is 26.4. The topological polar surface area (TPSA) is 95.6 Å². The lowest BCUT2D eigenvalue weighted by molar-refractivity contribution is -0.125. The molecule has 1 aromatic rings. The third-order valence-corrected chi connectivity index (χ3v) is 5.93. The molecule has 27 heavy (non-hydrogen) atoms. The molecule has 1 aromatic carbocycles. The molecule has 0 aromatic heterocycles. The highest BCUT2D eigenvalue weighted by atomic mass is 32.2. The third kappa shape index (κ3) is 6.23. The molecule has 7 nitrogen and oxygen atoms in total. The van der Waals surface area contributed by atoms with Crippen LogP contribution >= 0.6 is 0 Å². The molecular formula is C19H29N3O4S. The van der Waals surface area contributed by atoms with Gasteiger partial charge in [0.2, 0.25) is 15.9 Å². The zero-order chi connectivity index (χ0) is 20.0. The van der Waals surface area contributed by atoms with Gasteiger partial charge in [-0.1, -0.05) is 26.8 Å². The van der Waals surface area contributed by atoms with E-state index in [4.69, 9.17) is 0 Å². The maximum atomic E-state index is 12.8. The summed E-state index contributed by atoms with van der Waals surface area (Å²) in [6.07, 6.45) is 2.18. The number of carbonyl (C=O) groups excluding carboxylic acids is 2. The minimum Gasteiger partial charge on any atom is -0.351 e. The maximum absolute atomic E-state index is 12.8. The van der Waals surface area contributed by atoms with Gasteiger partial charge in [0.25, 0.3) is 5.91 Å². The van der Waals surface area contributed by atoms with Crippen LogP contribution in [-0.4, -0.2) is 50.0 Å². The Balaban J connectivity index is 2.06. The summed E-state index contributed by atoms with van der Waals surface area (Å²) in [4.78, 5) is 26.5. The van der Waals surface area contributed by atoms with Crippen LogP contribution in [-0.2, 0) is 14.8 Å². The fraction of sp³-hybridized carbons (Fsp3) is 0.579. The van der Waals surface area contributed by atoms with Gasteiger partial charge in [-0.2, -0.15) is 0 Å². The predicted molar refractivity (Wildman–Crippen MR) is 106 cm³/mol. The van der Waals surface area contributed by atoms with Crippen LogP contribution in [0, 0.1) is 5.92 Å². The number of nitrogens with one attached hydrogen (secondary N) is 2. The molecule has 8 heteroatoms. The van der Waals surface area contributed by atoms with Gasteiger partial charge in [0.15, 0.2) is 0 Å². The summed E-state index contributed by atoms with van der Waals surface area (Å²) >= 11 is 0. The van der Waals surface area contributed by atoms with Gasteiger partial charge < -0.3 is 10.2 Å². The van der Waals surface area contributed by atoms with Crippen molar-refractivity contribution >= 4 is 27.5 Å². The molecule has 1 unspecified atom stereocenters. The van der Waals surface area contributed by atoms with E-state index in [1.807, 2.05) is 13.8 Å². The van der Waals surface area contributed by atoms with E-state index in [0.29, 0.717) is 30.8 Å². The second-order valence-electron chi connectivity index (χ2n) is 7.26. The highest BCUT2D eigenvalue weighted by Gasteiger charge is 2.26. The van der Waals surface area contributed by atoms with Crippen molar-refractivity contribution in [2.45, 2.75) is 46.1 Å². The summed E-state index contributed by atoms with van der Waals surface area (Å²) in [6.45, 7) is 6.56. The molecule has 1 saturated heterocycles. The highest BCUT2D eigenvalue weighted by molar-refractivity contribution is 7.92. The normalized spacial score (nSPS) is 17.6. The van der Waals surface area contributed by atoms with E-state index >= 15 is 0 Å². The molecule has 0 saturated carbocycles. The number of benzene rings is 1. The van der Waals surface area contributed by atoms with Gasteiger partial charge in [0.05, 0.1) is 5.75 Å². The number of sulfonamides is 1. The summed E-state index contributed by atoms with van der Waals surface area (Å²) in [5, 5.41) is 2.99. The standard InChI is InChI=1S/C19H29N3O4S/c1-4-11-27(25,26)21-16-8-5-7-15(12-16)19(24)22-10-6-9-17(13-22)20-18(23)14(2)3/h5,7-8,12,14,17,21H,4,6,9-11,13H2,1-3H3,(H,20,23). The summed E-state index contributed by atoms with van der Waals surface area (Å²) in [6, 6.07) is 6.48. The fourth-order valence-corrected chi connectivity index (χ4v) is 4.17. The Bertz CT molecular complexity index is 777. The lowest BCUT2D eigenvalue weighted by Crippen LogP contribution is -2.50. The van der Waals surface area contributed by atoms with Gasteiger partial charge in [-0.25, -0.2) is 8.42 Å². The van der Waals surface area contributed by atoms with E-state index in [1.54, 1.807) is 36.1 Å². The van der Waals surface area contributed by atoms with Gasteiger partial charge in [-0.05, 0) is 37.5 Å². The van der Waals surface area contributed by atoms with Crippen LogP contribution in [0.4, 0.5) is 5.69 Å².